The molecule has 0 aromatic heterocycles. The lowest BCUT2D eigenvalue weighted by Crippen LogP contribution is -2.02. The minimum atomic E-state index is 0.611. The summed E-state index contributed by atoms with van der Waals surface area (Å²) in [6.07, 6.45) is 5.73. The Bertz CT molecular complexity index is 60.3. The van der Waals surface area contributed by atoms with Crippen molar-refractivity contribution in [3.63, 3.8) is 0 Å². The van der Waals surface area contributed by atoms with E-state index in [1.807, 2.05) is 0 Å². The zero-order valence-electron chi connectivity index (χ0n) is 7.10. The van der Waals surface area contributed by atoms with Crippen molar-refractivity contribution in [3.05, 3.63) is 0 Å². The van der Waals surface area contributed by atoms with E-state index in [9.17, 15) is 0 Å². The molecule has 0 bridgehead atoms. The molecule has 2 heteroatoms. The predicted molar refractivity (Wildman–Crippen MR) is 44.0 cm³/mol. The number of hydrogen-bond donors (Lipinski definition) is 1. The summed E-state index contributed by atoms with van der Waals surface area (Å²) in [7, 11) is 1.50. The molecule has 0 aliphatic carbocycles. The Labute approximate surface area is 63.7 Å². The van der Waals surface area contributed by atoms with Gasteiger partial charge in [0.2, 0.25) is 0 Å². The van der Waals surface area contributed by atoms with Crippen molar-refractivity contribution in [1.29, 1.82) is 0 Å². The van der Waals surface area contributed by atoms with Crippen LogP contribution in [0.4, 0.5) is 0 Å². The van der Waals surface area contributed by atoms with Gasteiger partial charge in [0.15, 0.2) is 0 Å². The lowest BCUT2D eigenvalue weighted by atomic mass is 10.1. The van der Waals surface area contributed by atoms with Gasteiger partial charge in [0.05, 0.1) is 6.10 Å². The minimum absolute atomic E-state index is 0.611. The van der Waals surface area contributed by atoms with Crippen molar-refractivity contribution in [2.24, 2.45) is 5.73 Å². The Morgan fingerprint density at radius 2 is 2.20 bits per heavy atom. The molecular weight excluding hydrogens is 126 g/mol. The summed E-state index contributed by atoms with van der Waals surface area (Å²) in [4.78, 5) is 0. The van der Waals surface area contributed by atoms with Gasteiger partial charge in [-0.25, -0.2) is 0 Å². The molecule has 1 heterocycles. The molecule has 0 aromatic rings. The van der Waals surface area contributed by atoms with Gasteiger partial charge in [0.1, 0.15) is 0 Å². The molecule has 1 atom stereocenters. The Kier molecular flexibility index (Phi) is 6.98. The average Bonchev–Trinajstić information content (AvgIpc) is 2.46. The molecule has 0 amide bonds. The van der Waals surface area contributed by atoms with Crippen molar-refractivity contribution in [2.45, 2.75) is 38.7 Å². The molecule has 0 aromatic carbocycles. The van der Waals surface area contributed by atoms with Crippen LogP contribution in [0, 0.1) is 0 Å². The van der Waals surface area contributed by atoms with Crippen LogP contribution in [-0.2, 0) is 4.74 Å². The number of nitrogens with two attached hydrogens (primary N) is 1. The highest BCUT2D eigenvalue weighted by molar-refractivity contribution is 4.62. The van der Waals surface area contributed by atoms with E-state index in [1.165, 1.54) is 32.7 Å². The summed E-state index contributed by atoms with van der Waals surface area (Å²) in [5, 5.41) is 0. The van der Waals surface area contributed by atoms with Gasteiger partial charge in [0.25, 0.3) is 0 Å². The van der Waals surface area contributed by atoms with Crippen LogP contribution in [0.25, 0.3) is 0 Å². The fourth-order valence-electron chi connectivity index (χ4n) is 1.19. The van der Waals surface area contributed by atoms with Crippen molar-refractivity contribution in [3.8, 4) is 0 Å². The van der Waals surface area contributed by atoms with Gasteiger partial charge in [-0.3, -0.25) is 0 Å². The van der Waals surface area contributed by atoms with Gasteiger partial charge in [-0.15, -0.1) is 0 Å². The highest BCUT2D eigenvalue weighted by atomic mass is 16.5. The lowest BCUT2D eigenvalue weighted by molar-refractivity contribution is 0.103. The fraction of sp³-hybridized carbons (Fsp3) is 1.00. The first-order chi connectivity index (χ1) is 4.93. The van der Waals surface area contributed by atoms with Gasteiger partial charge in [0, 0.05) is 6.61 Å². The van der Waals surface area contributed by atoms with Crippen LogP contribution in [0.5, 0.6) is 0 Å². The van der Waals surface area contributed by atoms with E-state index in [1.54, 1.807) is 0 Å². The van der Waals surface area contributed by atoms with Crippen molar-refractivity contribution in [1.82, 2.24) is 0 Å². The smallest absolute Gasteiger partial charge is 0.0575 e. The fourth-order valence-corrected chi connectivity index (χ4v) is 1.19. The summed E-state index contributed by atoms with van der Waals surface area (Å²) in [5.41, 5.74) is 4.50. The molecule has 0 saturated carbocycles. The number of hydrogen-bond acceptors (Lipinski definition) is 2. The Morgan fingerprint density at radius 1 is 1.50 bits per heavy atom. The second-order valence-corrected chi connectivity index (χ2v) is 2.42. The number of ether oxygens (including phenoxy) is 1. The van der Waals surface area contributed by atoms with E-state index in [0.29, 0.717) is 6.10 Å². The van der Waals surface area contributed by atoms with Gasteiger partial charge < -0.3 is 10.5 Å². The molecule has 1 rings (SSSR count). The monoisotopic (exact) mass is 145 g/mol. The molecule has 1 aliphatic rings. The van der Waals surface area contributed by atoms with Gasteiger partial charge in [-0.1, -0.05) is 13.3 Å². The lowest BCUT2D eigenvalue weighted by Gasteiger charge is -2.04. The van der Waals surface area contributed by atoms with E-state index in [0.717, 1.165) is 6.61 Å². The van der Waals surface area contributed by atoms with Crippen LogP contribution >= 0.6 is 0 Å². The van der Waals surface area contributed by atoms with Crippen molar-refractivity contribution >= 4 is 0 Å². The third kappa shape index (κ3) is 3.85. The first-order valence-electron chi connectivity index (χ1n) is 4.13. The van der Waals surface area contributed by atoms with Crippen molar-refractivity contribution in [2.75, 3.05) is 13.7 Å². The van der Waals surface area contributed by atoms with E-state index in [4.69, 9.17) is 4.74 Å². The van der Waals surface area contributed by atoms with Crippen LogP contribution in [-0.4, -0.2) is 19.8 Å². The van der Waals surface area contributed by atoms with Gasteiger partial charge >= 0.3 is 0 Å². The number of rotatable bonds is 2. The van der Waals surface area contributed by atoms with E-state index < -0.39 is 0 Å². The van der Waals surface area contributed by atoms with E-state index in [2.05, 4.69) is 12.7 Å². The molecule has 1 aliphatic heterocycles. The van der Waals surface area contributed by atoms with Crippen LogP contribution in [0.15, 0.2) is 0 Å². The maximum Gasteiger partial charge on any atom is 0.0575 e. The highest BCUT2D eigenvalue weighted by Crippen LogP contribution is 2.15. The summed E-state index contributed by atoms with van der Waals surface area (Å²) in [5.74, 6) is 0. The topological polar surface area (TPSA) is 35.2 Å². The Morgan fingerprint density at radius 3 is 2.60 bits per heavy atom. The zero-order chi connectivity index (χ0) is 7.82. The molecule has 1 saturated heterocycles. The van der Waals surface area contributed by atoms with E-state index in [-0.39, 0.29) is 0 Å². The minimum Gasteiger partial charge on any atom is -0.378 e. The third-order valence-electron chi connectivity index (χ3n) is 1.63. The van der Waals surface area contributed by atoms with Gasteiger partial charge in [-0.2, -0.15) is 0 Å². The summed E-state index contributed by atoms with van der Waals surface area (Å²) < 4.78 is 5.39. The molecular formula is C8H19NO. The normalized spacial score (nSPS) is 23.7. The molecule has 62 valence electrons. The Balaban J connectivity index is 0.000000371. The predicted octanol–water partition coefficient (Wildman–Crippen LogP) is 1.54. The quantitative estimate of drug-likeness (QED) is 0.639. The maximum absolute atomic E-state index is 5.39. The molecule has 0 spiro atoms. The van der Waals surface area contributed by atoms with Crippen LogP contribution in [0.1, 0.15) is 32.6 Å². The second kappa shape index (κ2) is 7.03. The average molecular weight is 145 g/mol. The zero-order valence-corrected chi connectivity index (χ0v) is 7.10. The third-order valence-corrected chi connectivity index (χ3v) is 1.63. The van der Waals surface area contributed by atoms with Crippen molar-refractivity contribution < 1.29 is 4.74 Å². The largest absolute Gasteiger partial charge is 0.378 e. The first kappa shape index (κ1) is 9.92. The van der Waals surface area contributed by atoms with Gasteiger partial charge in [-0.05, 0) is 26.3 Å². The molecule has 1 fully saturated rings. The molecule has 10 heavy (non-hydrogen) atoms. The van der Waals surface area contributed by atoms with Crippen LogP contribution < -0.4 is 5.73 Å². The van der Waals surface area contributed by atoms with Crippen LogP contribution in [0.2, 0.25) is 0 Å². The summed E-state index contributed by atoms with van der Waals surface area (Å²) in [6, 6.07) is 0. The van der Waals surface area contributed by atoms with Crippen LogP contribution in [0.3, 0.4) is 0 Å². The second-order valence-electron chi connectivity index (χ2n) is 2.42. The molecule has 1 unspecified atom stereocenters. The molecule has 0 radical (unpaired) electrons. The summed E-state index contributed by atoms with van der Waals surface area (Å²) >= 11 is 0. The Hall–Kier alpha value is -0.0800. The SMILES string of the molecule is CCCC1CCCO1.CN. The molecule has 2 nitrogen and oxygen atoms in total. The highest BCUT2D eigenvalue weighted by Gasteiger charge is 2.12. The maximum atomic E-state index is 5.39. The van der Waals surface area contributed by atoms with E-state index >= 15 is 0 Å². The molecule has 2 N–H and O–H groups in total. The summed E-state index contributed by atoms with van der Waals surface area (Å²) in [6.45, 7) is 3.21. The first-order valence-corrected chi connectivity index (χ1v) is 4.13. The standard InChI is InChI=1S/C7H14O.CH5N/c1-2-4-7-5-3-6-8-7;1-2/h7H,2-6H2,1H3;2H2,1H3.